The summed E-state index contributed by atoms with van der Waals surface area (Å²) < 4.78 is 6.31. The van der Waals surface area contributed by atoms with Crippen LogP contribution in [0.15, 0.2) is 29.3 Å². The lowest BCUT2D eigenvalue weighted by Crippen LogP contribution is -2.33. The van der Waals surface area contributed by atoms with E-state index in [4.69, 9.17) is 4.74 Å². The molecule has 1 aromatic carbocycles. The van der Waals surface area contributed by atoms with Gasteiger partial charge in [0.1, 0.15) is 22.0 Å². The van der Waals surface area contributed by atoms with Crippen LogP contribution in [0.3, 0.4) is 0 Å². The second-order valence-corrected chi connectivity index (χ2v) is 9.00. The molecule has 2 heterocycles. The van der Waals surface area contributed by atoms with Crippen LogP contribution in [0.1, 0.15) is 30.7 Å². The van der Waals surface area contributed by atoms with Gasteiger partial charge in [-0.15, -0.1) is 21.5 Å². The van der Waals surface area contributed by atoms with E-state index in [-0.39, 0.29) is 5.91 Å². The molecule has 0 radical (unpaired) electrons. The number of fused-ring (bicyclic) bond motifs is 1. The van der Waals surface area contributed by atoms with E-state index in [1.54, 1.807) is 18.4 Å². The van der Waals surface area contributed by atoms with Gasteiger partial charge in [-0.05, 0) is 31.9 Å². The van der Waals surface area contributed by atoms with Gasteiger partial charge in [0, 0.05) is 11.6 Å². The maximum atomic E-state index is 12.3. The first-order valence-corrected chi connectivity index (χ1v) is 11.1. The first-order chi connectivity index (χ1) is 13.6. The van der Waals surface area contributed by atoms with Crippen LogP contribution in [0.4, 0.5) is 0 Å². The highest BCUT2D eigenvalue weighted by Gasteiger charge is 2.19. The first-order valence-electron chi connectivity index (χ1n) is 9.34. The molecule has 1 saturated carbocycles. The van der Waals surface area contributed by atoms with Crippen molar-refractivity contribution >= 4 is 39.2 Å². The Morgan fingerprint density at radius 2 is 2.14 bits per heavy atom. The number of rotatable bonds is 6. The SMILES string of the molecule is COc1cccc(-c2nnc(SCC(=O)NC3CCCC3)c3nc(C)sc23)c1. The van der Waals surface area contributed by atoms with E-state index >= 15 is 0 Å². The van der Waals surface area contributed by atoms with Gasteiger partial charge in [-0.25, -0.2) is 4.98 Å². The lowest BCUT2D eigenvalue weighted by molar-refractivity contribution is -0.119. The van der Waals surface area contributed by atoms with Crippen molar-refractivity contribution in [2.45, 2.75) is 43.7 Å². The Balaban J connectivity index is 1.57. The predicted octanol–water partition coefficient (Wildman–Crippen LogP) is 4.22. The standard InChI is InChI=1S/C20H22N4O2S2/c1-12-21-18-19(28-12)17(13-6-5-9-15(10-13)26-2)23-24-20(18)27-11-16(25)22-14-7-3-4-8-14/h5-6,9-10,14H,3-4,7-8,11H2,1-2H3,(H,22,25). The lowest BCUT2D eigenvalue weighted by Gasteiger charge is -2.11. The van der Waals surface area contributed by atoms with Crippen molar-refractivity contribution in [3.8, 4) is 17.0 Å². The lowest BCUT2D eigenvalue weighted by atomic mass is 10.1. The van der Waals surface area contributed by atoms with Crippen LogP contribution in [-0.2, 0) is 4.79 Å². The number of thioether (sulfide) groups is 1. The quantitative estimate of drug-likeness (QED) is 0.609. The van der Waals surface area contributed by atoms with E-state index in [1.807, 2.05) is 31.2 Å². The third-order valence-electron chi connectivity index (χ3n) is 4.80. The zero-order valence-electron chi connectivity index (χ0n) is 15.9. The fourth-order valence-corrected chi connectivity index (χ4v) is 5.18. The molecule has 1 aliphatic rings. The van der Waals surface area contributed by atoms with Crippen LogP contribution < -0.4 is 10.1 Å². The molecule has 1 amide bonds. The van der Waals surface area contributed by atoms with Gasteiger partial charge in [0.15, 0.2) is 0 Å². The minimum Gasteiger partial charge on any atom is -0.497 e. The van der Waals surface area contributed by atoms with E-state index < -0.39 is 0 Å². The number of nitrogens with one attached hydrogen (secondary N) is 1. The molecule has 0 aliphatic heterocycles. The summed E-state index contributed by atoms with van der Waals surface area (Å²) in [5.41, 5.74) is 2.55. The summed E-state index contributed by atoms with van der Waals surface area (Å²) in [6.07, 6.45) is 4.57. The number of hydrogen-bond donors (Lipinski definition) is 1. The van der Waals surface area contributed by atoms with Gasteiger partial charge in [0.25, 0.3) is 0 Å². The fourth-order valence-electron chi connectivity index (χ4n) is 3.45. The molecule has 28 heavy (non-hydrogen) atoms. The van der Waals surface area contributed by atoms with Gasteiger partial charge < -0.3 is 10.1 Å². The maximum Gasteiger partial charge on any atom is 0.230 e. The smallest absolute Gasteiger partial charge is 0.230 e. The third kappa shape index (κ3) is 4.12. The number of carbonyl (C=O) groups is 1. The molecule has 0 atom stereocenters. The normalized spacial score (nSPS) is 14.5. The number of methoxy groups -OCH3 is 1. The van der Waals surface area contributed by atoms with Crippen LogP contribution in [0.2, 0.25) is 0 Å². The number of aromatic nitrogens is 3. The summed E-state index contributed by atoms with van der Waals surface area (Å²) in [4.78, 5) is 16.9. The van der Waals surface area contributed by atoms with Gasteiger partial charge in [-0.2, -0.15) is 0 Å². The summed E-state index contributed by atoms with van der Waals surface area (Å²) in [6.45, 7) is 1.97. The zero-order valence-corrected chi connectivity index (χ0v) is 17.5. The molecular weight excluding hydrogens is 392 g/mol. The van der Waals surface area contributed by atoms with Crippen molar-refractivity contribution in [2.24, 2.45) is 0 Å². The van der Waals surface area contributed by atoms with Gasteiger partial charge in [-0.3, -0.25) is 4.79 Å². The summed E-state index contributed by atoms with van der Waals surface area (Å²) in [5, 5.41) is 13.6. The molecule has 0 saturated heterocycles. The Kier molecular flexibility index (Phi) is 5.77. The average Bonchev–Trinajstić information content (AvgIpc) is 3.35. The van der Waals surface area contributed by atoms with E-state index in [0.717, 1.165) is 45.1 Å². The molecule has 2 aromatic heterocycles. The minimum atomic E-state index is 0.0515. The minimum absolute atomic E-state index is 0.0515. The molecule has 0 unspecified atom stereocenters. The number of nitrogens with zero attached hydrogens (tertiary/aromatic N) is 3. The zero-order chi connectivity index (χ0) is 19.5. The number of benzene rings is 1. The molecule has 8 heteroatoms. The van der Waals surface area contributed by atoms with Crippen LogP contribution in [-0.4, -0.2) is 40.0 Å². The third-order valence-corrected chi connectivity index (χ3v) is 6.73. The van der Waals surface area contributed by atoms with Crippen molar-refractivity contribution < 1.29 is 9.53 Å². The molecule has 1 aliphatic carbocycles. The Labute approximate surface area is 172 Å². The van der Waals surface area contributed by atoms with Crippen molar-refractivity contribution in [1.29, 1.82) is 0 Å². The maximum absolute atomic E-state index is 12.3. The van der Waals surface area contributed by atoms with Crippen LogP contribution in [0, 0.1) is 6.92 Å². The highest BCUT2D eigenvalue weighted by atomic mass is 32.2. The molecule has 3 aromatic rings. The topological polar surface area (TPSA) is 77.0 Å². The van der Waals surface area contributed by atoms with Crippen molar-refractivity contribution in [2.75, 3.05) is 12.9 Å². The molecule has 1 N–H and O–H groups in total. The molecular formula is C20H22N4O2S2. The van der Waals surface area contributed by atoms with Gasteiger partial charge in [-0.1, -0.05) is 36.7 Å². The van der Waals surface area contributed by atoms with E-state index in [0.29, 0.717) is 16.8 Å². The molecule has 1 fully saturated rings. The summed E-state index contributed by atoms with van der Waals surface area (Å²) in [6, 6.07) is 8.10. The number of carbonyl (C=O) groups excluding carboxylic acids is 1. The summed E-state index contributed by atoms with van der Waals surface area (Å²) in [7, 11) is 1.65. The Morgan fingerprint density at radius 1 is 1.32 bits per heavy atom. The molecule has 6 nitrogen and oxygen atoms in total. The van der Waals surface area contributed by atoms with Crippen molar-refractivity contribution in [3.63, 3.8) is 0 Å². The first kappa shape index (κ1) is 19.1. The number of amides is 1. The van der Waals surface area contributed by atoms with Crippen molar-refractivity contribution in [3.05, 3.63) is 29.3 Å². The van der Waals surface area contributed by atoms with E-state index in [9.17, 15) is 4.79 Å². The van der Waals surface area contributed by atoms with Crippen LogP contribution in [0.5, 0.6) is 5.75 Å². The van der Waals surface area contributed by atoms with Gasteiger partial charge >= 0.3 is 0 Å². The Morgan fingerprint density at radius 3 is 2.93 bits per heavy atom. The Hall–Kier alpha value is -2.19. The molecule has 4 rings (SSSR count). The highest BCUT2D eigenvalue weighted by molar-refractivity contribution is 8.00. The Bertz CT molecular complexity index is 999. The second kappa shape index (κ2) is 8.45. The molecule has 0 bridgehead atoms. The molecule has 0 spiro atoms. The average molecular weight is 415 g/mol. The van der Waals surface area contributed by atoms with Gasteiger partial charge in [0.05, 0.1) is 22.6 Å². The highest BCUT2D eigenvalue weighted by Crippen LogP contribution is 2.36. The second-order valence-electron chi connectivity index (χ2n) is 6.83. The number of aryl methyl sites for hydroxylation is 1. The largest absolute Gasteiger partial charge is 0.497 e. The van der Waals surface area contributed by atoms with E-state index in [1.165, 1.54) is 24.6 Å². The monoisotopic (exact) mass is 414 g/mol. The summed E-state index contributed by atoms with van der Waals surface area (Å²) >= 11 is 2.99. The van der Waals surface area contributed by atoms with Crippen LogP contribution >= 0.6 is 23.1 Å². The predicted molar refractivity (Wildman–Crippen MR) is 113 cm³/mol. The molecule has 146 valence electrons. The number of hydrogen-bond acceptors (Lipinski definition) is 7. The summed E-state index contributed by atoms with van der Waals surface area (Å²) in [5.74, 6) is 1.15. The fraction of sp³-hybridized carbons (Fsp3) is 0.400. The number of thiazole rings is 1. The van der Waals surface area contributed by atoms with Crippen molar-refractivity contribution in [1.82, 2.24) is 20.5 Å². The van der Waals surface area contributed by atoms with E-state index in [2.05, 4.69) is 20.5 Å². The van der Waals surface area contributed by atoms with Crippen LogP contribution in [0.25, 0.3) is 21.5 Å². The van der Waals surface area contributed by atoms with Gasteiger partial charge in [0.2, 0.25) is 5.91 Å². The number of ether oxygens (including phenoxy) is 1.